The van der Waals surface area contributed by atoms with Crippen LogP contribution in [0.1, 0.15) is 11.3 Å². The smallest absolute Gasteiger partial charge is 0.173 e. The molecule has 0 unspecified atom stereocenters. The van der Waals surface area contributed by atoms with Crippen LogP contribution in [0.15, 0.2) is 34.9 Å². The number of thiocarbonyl (C=S) groups is 1. The van der Waals surface area contributed by atoms with Crippen molar-refractivity contribution < 1.29 is 0 Å². The summed E-state index contributed by atoms with van der Waals surface area (Å²) in [6, 6.07) is 8.09. The van der Waals surface area contributed by atoms with Gasteiger partial charge < -0.3 is 10.2 Å². The zero-order valence-electron chi connectivity index (χ0n) is 11.7. The van der Waals surface area contributed by atoms with E-state index in [0.717, 1.165) is 15.9 Å². The number of rotatable bonds is 3. The number of anilines is 1. The van der Waals surface area contributed by atoms with Gasteiger partial charge in [-0.25, -0.2) is 0 Å². The summed E-state index contributed by atoms with van der Waals surface area (Å²) in [6.45, 7) is 2.75. The molecule has 106 valence electrons. The van der Waals surface area contributed by atoms with Crippen LogP contribution < -0.4 is 5.32 Å². The third-order valence-electron chi connectivity index (χ3n) is 3.13. The summed E-state index contributed by atoms with van der Waals surface area (Å²) in [5, 5.41) is 8.17. The van der Waals surface area contributed by atoms with Gasteiger partial charge in [0.1, 0.15) is 0 Å². The van der Waals surface area contributed by atoms with Crippen LogP contribution in [0.4, 0.5) is 5.69 Å². The Bertz CT molecular complexity index is 604. The van der Waals surface area contributed by atoms with E-state index in [9.17, 15) is 0 Å². The number of hydrogen-bond donors (Lipinski definition) is 1. The summed E-state index contributed by atoms with van der Waals surface area (Å²) in [4.78, 5) is 1.99. The van der Waals surface area contributed by atoms with Crippen molar-refractivity contribution in [1.29, 1.82) is 0 Å². The second kappa shape index (κ2) is 6.37. The fraction of sp³-hybridized carbons (Fsp3) is 0.286. The quantitative estimate of drug-likeness (QED) is 0.859. The summed E-state index contributed by atoms with van der Waals surface area (Å²) in [5.74, 6) is 0. The number of nitrogens with one attached hydrogen (secondary N) is 1. The first-order valence-corrected chi connectivity index (χ1v) is 7.43. The van der Waals surface area contributed by atoms with Crippen molar-refractivity contribution in [2.75, 3.05) is 12.4 Å². The van der Waals surface area contributed by atoms with E-state index in [2.05, 4.69) is 39.3 Å². The van der Waals surface area contributed by atoms with E-state index in [4.69, 9.17) is 12.2 Å². The maximum absolute atomic E-state index is 5.45. The number of nitrogens with zero attached hydrogens (tertiary/aromatic N) is 3. The summed E-state index contributed by atoms with van der Waals surface area (Å²) in [7, 11) is 3.89. The van der Waals surface area contributed by atoms with Gasteiger partial charge in [0.2, 0.25) is 0 Å². The molecule has 1 aromatic carbocycles. The van der Waals surface area contributed by atoms with Crippen molar-refractivity contribution in [3.8, 4) is 0 Å². The lowest BCUT2D eigenvalue weighted by Gasteiger charge is -2.22. The molecule has 0 saturated carbocycles. The van der Waals surface area contributed by atoms with E-state index < -0.39 is 0 Å². The zero-order chi connectivity index (χ0) is 14.7. The van der Waals surface area contributed by atoms with Gasteiger partial charge in [0.25, 0.3) is 0 Å². The van der Waals surface area contributed by atoms with Gasteiger partial charge in [0, 0.05) is 19.8 Å². The summed E-state index contributed by atoms with van der Waals surface area (Å²) >= 11 is 8.95. The van der Waals surface area contributed by atoms with E-state index in [1.807, 2.05) is 41.9 Å². The Morgan fingerprint density at radius 2 is 2.15 bits per heavy atom. The maximum Gasteiger partial charge on any atom is 0.173 e. The Morgan fingerprint density at radius 1 is 1.45 bits per heavy atom. The molecule has 20 heavy (non-hydrogen) atoms. The fourth-order valence-corrected chi connectivity index (χ4v) is 2.48. The number of benzene rings is 1. The van der Waals surface area contributed by atoms with Crippen LogP contribution >= 0.6 is 28.1 Å². The topological polar surface area (TPSA) is 33.1 Å². The third-order valence-corrected chi connectivity index (χ3v) is 4.21. The molecule has 0 aliphatic heterocycles. The second-order valence-corrected chi connectivity index (χ2v) is 5.90. The molecule has 6 heteroatoms. The van der Waals surface area contributed by atoms with E-state index >= 15 is 0 Å². The standard InChI is InChI=1S/C14H17BrN4S/c1-10-6-4-5-7-12(10)17-14(20)18(2)9-13-11(15)8-16-19(13)3/h4-8H,9H2,1-3H3,(H,17,20). The minimum atomic E-state index is 0.687. The highest BCUT2D eigenvalue weighted by atomic mass is 79.9. The monoisotopic (exact) mass is 352 g/mol. The van der Waals surface area contributed by atoms with Crippen molar-refractivity contribution in [1.82, 2.24) is 14.7 Å². The maximum atomic E-state index is 5.45. The largest absolute Gasteiger partial charge is 0.346 e. The SMILES string of the molecule is Cc1ccccc1NC(=S)N(C)Cc1c(Br)cnn1C. The molecular weight excluding hydrogens is 336 g/mol. The molecule has 0 bridgehead atoms. The predicted molar refractivity (Wildman–Crippen MR) is 89.8 cm³/mol. The highest BCUT2D eigenvalue weighted by molar-refractivity contribution is 9.10. The molecule has 0 fully saturated rings. The van der Waals surface area contributed by atoms with Gasteiger partial charge in [-0.1, -0.05) is 18.2 Å². The molecular formula is C14H17BrN4S. The second-order valence-electron chi connectivity index (χ2n) is 4.66. The van der Waals surface area contributed by atoms with Crippen LogP contribution in [-0.2, 0) is 13.6 Å². The van der Waals surface area contributed by atoms with Gasteiger partial charge >= 0.3 is 0 Å². The van der Waals surface area contributed by atoms with Gasteiger partial charge in [0.15, 0.2) is 5.11 Å². The Balaban J connectivity index is 2.05. The van der Waals surface area contributed by atoms with Crippen molar-refractivity contribution in [2.45, 2.75) is 13.5 Å². The van der Waals surface area contributed by atoms with Crippen molar-refractivity contribution in [2.24, 2.45) is 7.05 Å². The van der Waals surface area contributed by atoms with Crippen molar-refractivity contribution in [3.63, 3.8) is 0 Å². The number of aromatic nitrogens is 2. The predicted octanol–water partition coefficient (Wildman–Crippen LogP) is 3.32. The first kappa shape index (κ1) is 15.0. The van der Waals surface area contributed by atoms with Crippen LogP contribution in [-0.4, -0.2) is 26.8 Å². The fourth-order valence-electron chi connectivity index (χ4n) is 1.83. The molecule has 4 nitrogen and oxygen atoms in total. The molecule has 0 radical (unpaired) electrons. The van der Waals surface area contributed by atoms with E-state index in [1.54, 1.807) is 6.20 Å². The molecule has 1 heterocycles. The van der Waals surface area contributed by atoms with Gasteiger partial charge in [-0.3, -0.25) is 4.68 Å². The van der Waals surface area contributed by atoms with Crippen LogP contribution in [0.25, 0.3) is 0 Å². The number of halogens is 1. The molecule has 0 amide bonds. The number of para-hydroxylation sites is 1. The van der Waals surface area contributed by atoms with Crippen LogP contribution in [0.2, 0.25) is 0 Å². The zero-order valence-corrected chi connectivity index (χ0v) is 14.1. The highest BCUT2D eigenvalue weighted by Crippen LogP contribution is 2.18. The van der Waals surface area contributed by atoms with Crippen LogP contribution in [0, 0.1) is 6.92 Å². The molecule has 1 aromatic heterocycles. The molecule has 0 atom stereocenters. The van der Waals surface area contributed by atoms with Gasteiger partial charge in [-0.15, -0.1) is 0 Å². The molecule has 1 N–H and O–H groups in total. The Kier molecular flexibility index (Phi) is 4.77. The average Bonchev–Trinajstić information content (AvgIpc) is 2.73. The molecule has 2 rings (SSSR count). The molecule has 0 aliphatic carbocycles. The van der Waals surface area contributed by atoms with E-state index in [-0.39, 0.29) is 0 Å². The molecule has 0 aliphatic rings. The lowest BCUT2D eigenvalue weighted by atomic mass is 10.2. The minimum absolute atomic E-state index is 0.687. The molecule has 0 saturated heterocycles. The Morgan fingerprint density at radius 3 is 2.75 bits per heavy atom. The van der Waals surface area contributed by atoms with Crippen LogP contribution in [0.5, 0.6) is 0 Å². The lowest BCUT2D eigenvalue weighted by Crippen LogP contribution is -2.31. The van der Waals surface area contributed by atoms with E-state index in [1.165, 1.54) is 5.56 Å². The van der Waals surface area contributed by atoms with Gasteiger partial charge in [0.05, 0.1) is 22.9 Å². The first-order valence-electron chi connectivity index (χ1n) is 6.23. The van der Waals surface area contributed by atoms with Gasteiger partial charge in [-0.2, -0.15) is 5.10 Å². The van der Waals surface area contributed by atoms with Crippen molar-refractivity contribution in [3.05, 3.63) is 46.2 Å². The minimum Gasteiger partial charge on any atom is -0.346 e. The average molecular weight is 353 g/mol. The third kappa shape index (κ3) is 3.37. The first-order chi connectivity index (χ1) is 9.49. The van der Waals surface area contributed by atoms with Gasteiger partial charge in [-0.05, 0) is 46.7 Å². The molecule has 0 spiro atoms. The van der Waals surface area contributed by atoms with E-state index in [0.29, 0.717) is 11.7 Å². The van der Waals surface area contributed by atoms with Crippen molar-refractivity contribution >= 4 is 38.9 Å². The van der Waals surface area contributed by atoms with Crippen LogP contribution in [0.3, 0.4) is 0 Å². The summed E-state index contributed by atoms with van der Waals surface area (Å²) < 4.78 is 2.84. The number of hydrogen-bond acceptors (Lipinski definition) is 2. The Labute approximate surface area is 132 Å². The Hall–Kier alpha value is -1.40. The lowest BCUT2D eigenvalue weighted by molar-refractivity contribution is 0.481. The highest BCUT2D eigenvalue weighted by Gasteiger charge is 2.12. The number of aryl methyl sites for hydroxylation is 2. The summed E-state index contributed by atoms with van der Waals surface area (Å²) in [5.41, 5.74) is 3.29. The molecule has 2 aromatic rings. The summed E-state index contributed by atoms with van der Waals surface area (Å²) in [6.07, 6.45) is 1.79. The normalized spacial score (nSPS) is 10.4.